The van der Waals surface area contributed by atoms with Gasteiger partial charge in [0.2, 0.25) is 0 Å². The first-order valence-corrected chi connectivity index (χ1v) is 12.1. The molecule has 3 aromatic rings. The summed E-state index contributed by atoms with van der Waals surface area (Å²) in [4.78, 5) is 14.3. The van der Waals surface area contributed by atoms with E-state index in [0.717, 1.165) is 64.5 Å². The van der Waals surface area contributed by atoms with E-state index in [4.69, 9.17) is 31.7 Å². The number of amides is 1. The molecular formula is C27H28ClN3O4. The van der Waals surface area contributed by atoms with Crippen molar-refractivity contribution in [1.82, 2.24) is 10.3 Å². The van der Waals surface area contributed by atoms with E-state index in [-0.39, 0.29) is 11.9 Å². The van der Waals surface area contributed by atoms with Gasteiger partial charge in [-0.15, -0.1) is 0 Å². The third-order valence-electron chi connectivity index (χ3n) is 6.63. The lowest BCUT2D eigenvalue weighted by Crippen LogP contribution is -2.45. The minimum absolute atomic E-state index is 0.152. The molecule has 1 amide bonds. The highest BCUT2D eigenvalue weighted by atomic mass is 35.5. The van der Waals surface area contributed by atoms with Gasteiger partial charge in [-0.25, -0.2) is 5.84 Å². The zero-order valence-electron chi connectivity index (χ0n) is 19.6. The summed E-state index contributed by atoms with van der Waals surface area (Å²) < 4.78 is 17.1. The van der Waals surface area contributed by atoms with Crippen LogP contribution in [0.3, 0.4) is 0 Å². The number of carbonyl (C=O) groups excluding carboxylic acids is 1. The Hall–Kier alpha value is -3.26. The number of carbonyl (C=O) groups is 1. The van der Waals surface area contributed by atoms with E-state index in [1.165, 1.54) is 0 Å². The van der Waals surface area contributed by atoms with Crippen molar-refractivity contribution in [2.45, 2.75) is 25.4 Å². The fraction of sp³-hybridized carbons (Fsp3) is 0.296. The van der Waals surface area contributed by atoms with Crippen LogP contribution in [-0.2, 0) is 11.3 Å². The number of likely N-dealkylation sites (tertiary alicyclic amines) is 1. The largest absolute Gasteiger partial charge is 0.496 e. The molecule has 0 bridgehead atoms. The second kappa shape index (κ2) is 10.2. The van der Waals surface area contributed by atoms with Crippen LogP contribution in [0, 0.1) is 0 Å². The van der Waals surface area contributed by atoms with Crippen LogP contribution in [0.25, 0.3) is 22.3 Å². The maximum Gasteiger partial charge on any atom is 0.251 e. The van der Waals surface area contributed by atoms with Crippen molar-refractivity contribution in [3.63, 3.8) is 0 Å². The summed E-state index contributed by atoms with van der Waals surface area (Å²) in [7, 11) is 1.66. The maximum atomic E-state index is 12.1. The Balaban J connectivity index is 1.44. The minimum atomic E-state index is -0.221. The van der Waals surface area contributed by atoms with E-state index in [0.29, 0.717) is 24.8 Å². The van der Waals surface area contributed by atoms with Crippen molar-refractivity contribution in [1.29, 1.82) is 0 Å². The molecule has 182 valence electrons. The van der Waals surface area contributed by atoms with Crippen LogP contribution in [0.5, 0.6) is 17.2 Å². The van der Waals surface area contributed by atoms with E-state index in [1.807, 2.05) is 54.6 Å². The Bertz CT molecular complexity index is 1250. The molecule has 1 atom stereocenters. The number of nitrogens with zero attached hydrogens (tertiary/aromatic N) is 1. The van der Waals surface area contributed by atoms with Gasteiger partial charge < -0.3 is 14.2 Å². The van der Waals surface area contributed by atoms with Crippen molar-refractivity contribution in [2.75, 3.05) is 26.9 Å². The van der Waals surface area contributed by atoms with Crippen molar-refractivity contribution in [2.24, 2.45) is 5.84 Å². The second-order valence-electron chi connectivity index (χ2n) is 8.69. The quantitative estimate of drug-likeness (QED) is 0.300. The molecule has 0 aliphatic carbocycles. The van der Waals surface area contributed by atoms with Crippen molar-refractivity contribution < 1.29 is 19.0 Å². The number of halogens is 1. The summed E-state index contributed by atoms with van der Waals surface area (Å²) in [5.74, 6) is 7.45. The van der Waals surface area contributed by atoms with Crippen LogP contribution in [0.15, 0.2) is 54.6 Å². The smallest absolute Gasteiger partial charge is 0.251 e. The number of ether oxygens (including phenoxy) is 3. The third-order valence-corrected chi connectivity index (χ3v) is 7.04. The molecule has 2 aliphatic rings. The predicted octanol–water partition coefficient (Wildman–Crippen LogP) is 4.41. The maximum absolute atomic E-state index is 12.1. The number of benzene rings is 3. The molecule has 3 N–H and O–H groups in total. The van der Waals surface area contributed by atoms with Gasteiger partial charge in [-0.1, -0.05) is 48.0 Å². The molecule has 1 fully saturated rings. The number of hydrogen-bond acceptors (Lipinski definition) is 6. The summed E-state index contributed by atoms with van der Waals surface area (Å²) >= 11 is 6.93. The van der Waals surface area contributed by atoms with E-state index in [9.17, 15) is 4.79 Å². The standard InChI is InChI=1S/C27H28ClN3O4/c1-33-24-14-17(7-8-19(24)16-31-11-3-6-22(31)27(32)30-29)20-4-2-5-21(26(20)28)18-9-10-23-25(15-18)35-13-12-34-23/h2,4-5,7-10,14-15,22H,3,6,11-13,16,29H2,1H3,(H,30,32). The van der Waals surface area contributed by atoms with Gasteiger partial charge >= 0.3 is 0 Å². The molecule has 5 rings (SSSR count). The molecular weight excluding hydrogens is 466 g/mol. The number of nitrogens with one attached hydrogen (secondary N) is 1. The van der Waals surface area contributed by atoms with Gasteiger partial charge in [0.25, 0.3) is 5.91 Å². The summed E-state index contributed by atoms with van der Waals surface area (Å²) in [6.07, 6.45) is 1.76. The van der Waals surface area contributed by atoms with Gasteiger partial charge in [0.05, 0.1) is 18.2 Å². The molecule has 0 saturated carbocycles. The first-order chi connectivity index (χ1) is 17.1. The zero-order valence-corrected chi connectivity index (χ0v) is 20.3. The van der Waals surface area contributed by atoms with Crippen molar-refractivity contribution in [3.05, 3.63) is 65.2 Å². The van der Waals surface area contributed by atoms with E-state index >= 15 is 0 Å². The molecule has 0 radical (unpaired) electrons. The van der Waals surface area contributed by atoms with Crippen molar-refractivity contribution in [3.8, 4) is 39.5 Å². The number of methoxy groups -OCH3 is 1. The van der Waals surface area contributed by atoms with Gasteiger partial charge in [0.15, 0.2) is 11.5 Å². The Morgan fingerprint density at radius 3 is 2.54 bits per heavy atom. The molecule has 8 heteroatoms. The summed E-state index contributed by atoms with van der Waals surface area (Å²) in [5.41, 5.74) is 7.02. The van der Waals surface area contributed by atoms with Crippen LogP contribution >= 0.6 is 11.6 Å². The molecule has 0 aromatic heterocycles. The average Bonchev–Trinajstić information content (AvgIpc) is 3.36. The number of rotatable bonds is 6. The molecule has 1 saturated heterocycles. The van der Waals surface area contributed by atoms with Crippen LogP contribution < -0.4 is 25.5 Å². The summed E-state index contributed by atoms with van der Waals surface area (Å²) in [5, 5.41) is 0.651. The fourth-order valence-electron chi connectivity index (χ4n) is 4.86. The van der Waals surface area contributed by atoms with Gasteiger partial charge in [-0.3, -0.25) is 15.1 Å². The van der Waals surface area contributed by atoms with Crippen molar-refractivity contribution >= 4 is 17.5 Å². The fourth-order valence-corrected chi connectivity index (χ4v) is 5.20. The minimum Gasteiger partial charge on any atom is -0.496 e. The SMILES string of the molecule is COc1cc(-c2cccc(-c3ccc4c(c3)OCCO4)c2Cl)ccc1CN1CCCC1C(=O)NN. The predicted molar refractivity (Wildman–Crippen MR) is 136 cm³/mol. The lowest BCUT2D eigenvalue weighted by atomic mass is 9.97. The molecule has 35 heavy (non-hydrogen) atoms. The van der Waals surface area contributed by atoms with Gasteiger partial charge in [-0.2, -0.15) is 0 Å². The topological polar surface area (TPSA) is 86.0 Å². The van der Waals surface area contributed by atoms with Crippen LogP contribution in [-0.4, -0.2) is 43.7 Å². The highest BCUT2D eigenvalue weighted by Gasteiger charge is 2.30. The van der Waals surface area contributed by atoms with E-state index in [2.05, 4.69) is 10.3 Å². The molecule has 2 aliphatic heterocycles. The number of nitrogens with two attached hydrogens (primary N) is 1. The average molecular weight is 494 g/mol. The molecule has 7 nitrogen and oxygen atoms in total. The molecule has 0 spiro atoms. The highest BCUT2D eigenvalue weighted by molar-refractivity contribution is 6.36. The third kappa shape index (κ3) is 4.67. The zero-order chi connectivity index (χ0) is 24.4. The van der Waals surface area contributed by atoms with Crippen LogP contribution in [0.2, 0.25) is 5.02 Å². The van der Waals surface area contributed by atoms with Crippen LogP contribution in [0.1, 0.15) is 18.4 Å². The van der Waals surface area contributed by atoms with E-state index in [1.54, 1.807) is 7.11 Å². The first-order valence-electron chi connectivity index (χ1n) is 11.7. The second-order valence-corrected chi connectivity index (χ2v) is 9.07. The van der Waals surface area contributed by atoms with Gasteiger partial charge in [0, 0.05) is 23.2 Å². The number of hydrogen-bond donors (Lipinski definition) is 2. The number of hydrazine groups is 1. The Morgan fingerprint density at radius 2 is 1.80 bits per heavy atom. The highest BCUT2D eigenvalue weighted by Crippen LogP contribution is 2.41. The Labute approximate surface area is 209 Å². The number of fused-ring (bicyclic) bond motifs is 1. The van der Waals surface area contributed by atoms with E-state index < -0.39 is 0 Å². The lowest BCUT2D eigenvalue weighted by Gasteiger charge is -2.24. The Morgan fingerprint density at radius 1 is 1.09 bits per heavy atom. The Kier molecular flexibility index (Phi) is 6.81. The van der Waals surface area contributed by atoms with Gasteiger partial charge in [-0.05, 0) is 48.7 Å². The van der Waals surface area contributed by atoms with Crippen LogP contribution in [0.4, 0.5) is 0 Å². The summed E-state index contributed by atoms with van der Waals surface area (Å²) in [6.45, 7) is 2.53. The normalized spacial score (nSPS) is 17.3. The lowest BCUT2D eigenvalue weighted by molar-refractivity contribution is -0.125. The van der Waals surface area contributed by atoms with Gasteiger partial charge in [0.1, 0.15) is 19.0 Å². The molecule has 2 heterocycles. The molecule has 3 aromatic carbocycles. The monoisotopic (exact) mass is 493 g/mol. The summed E-state index contributed by atoms with van der Waals surface area (Å²) in [6, 6.07) is 17.7. The first kappa shape index (κ1) is 23.5. The molecule has 1 unspecified atom stereocenters.